The maximum Gasteiger partial charge on any atom is 0.194 e. The number of benzene rings is 1. The number of rotatable bonds is 5. The first-order valence-corrected chi connectivity index (χ1v) is 8.95. The zero-order valence-corrected chi connectivity index (χ0v) is 14.8. The minimum atomic E-state index is -0.219. The summed E-state index contributed by atoms with van der Waals surface area (Å²) in [7, 11) is 1.58. The van der Waals surface area contributed by atoms with Crippen LogP contribution in [-0.4, -0.2) is 37.6 Å². The molecule has 0 aromatic heterocycles. The molecule has 0 atom stereocenters. The molecule has 1 aromatic carbocycles. The van der Waals surface area contributed by atoms with Crippen LogP contribution in [0.1, 0.15) is 43.7 Å². The van der Waals surface area contributed by atoms with E-state index in [9.17, 15) is 4.39 Å². The topological polar surface area (TPSA) is 36.9 Å². The number of hydrogen-bond acceptors (Lipinski definition) is 2. The molecule has 0 radical (unpaired) electrons. The van der Waals surface area contributed by atoms with Gasteiger partial charge in [-0.2, -0.15) is 0 Å². The molecule has 1 spiro atoms. The number of guanidine groups is 1. The molecule has 0 amide bonds. The van der Waals surface area contributed by atoms with E-state index in [-0.39, 0.29) is 12.4 Å². The van der Waals surface area contributed by atoms with Crippen molar-refractivity contribution in [3.05, 3.63) is 35.1 Å². The summed E-state index contributed by atoms with van der Waals surface area (Å²) in [5.74, 6) is 0.766. The van der Waals surface area contributed by atoms with E-state index in [0.717, 1.165) is 31.2 Å². The molecule has 1 saturated heterocycles. The normalized spacial score (nSPS) is 19.6. The molecule has 5 heteroatoms. The average molecular weight is 333 g/mol. The Morgan fingerprint density at radius 2 is 2.21 bits per heavy atom. The number of nitrogens with zero attached hydrogens (tertiary/aromatic N) is 2. The predicted molar refractivity (Wildman–Crippen MR) is 94.4 cm³/mol. The van der Waals surface area contributed by atoms with Crippen LogP contribution < -0.4 is 5.32 Å². The number of nitrogens with one attached hydrogen (secondary N) is 1. The Balaban J connectivity index is 1.69. The number of aliphatic imine (C=N–C) groups is 1. The Hall–Kier alpha value is -1.62. The summed E-state index contributed by atoms with van der Waals surface area (Å²) in [5.41, 5.74) is 2.15. The largest absolute Gasteiger partial charge is 0.380 e. The van der Waals surface area contributed by atoms with E-state index in [2.05, 4.69) is 17.1 Å². The minimum Gasteiger partial charge on any atom is -0.380 e. The number of hydrogen-bond donors (Lipinski definition) is 1. The number of likely N-dealkylation sites (tertiary alicyclic amines) is 1. The van der Waals surface area contributed by atoms with Crippen molar-refractivity contribution in [3.8, 4) is 0 Å². The molecular formula is C19H28FN3O. The molecule has 1 aliphatic carbocycles. The van der Waals surface area contributed by atoms with Gasteiger partial charge in [0.15, 0.2) is 5.96 Å². The molecule has 3 rings (SSSR count). The molecule has 1 aromatic rings. The third-order valence-electron chi connectivity index (χ3n) is 5.31. The fourth-order valence-electron chi connectivity index (χ4n) is 3.79. The van der Waals surface area contributed by atoms with Crippen LogP contribution in [0.15, 0.2) is 23.2 Å². The third-order valence-corrected chi connectivity index (χ3v) is 5.31. The molecule has 0 unspecified atom stereocenters. The van der Waals surface area contributed by atoms with Crippen molar-refractivity contribution < 1.29 is 9.13 Å². The van der Waals surface area contributed by atoms with E-state index < -0.39 is 0 Å². The summed E-state index contributed by atoms with van der Waals surface area (Å²) in [5, 5.41) is 3.41. The first-order chi connectivity index (χ1) is 11.7. The monoisotopic (exact) mass is 333 g/mol. The molecule has 2 aliphatic rings. The highest BCUT2D eigenvalue weighted by atomic mass is 19.1. The van der Waals surface area contributed by atoms with Crippen molar-refractivity contribution in [2.45, 2.75) is 45.8 Å². The molecule has 132 valence electrons. The highest BCUT2D eigenvalue weighted by molar-refractivity contribution is 5.80. The van der Waals surface area contributed by atoms with E-state index in [4.69, 9.17) is 9.73 Å². The second-order valence-electron chi connectivity index (χ2n) is 7.05. The van der Waals surface area contributed by atoms with Crippen molar-refractivity contribution in [1.29, 1.82) is 0 Å². The van der Waals surface area contributed by atoms with Gasteiger partial charge in [0, 0.05) is 32.3 Å². The molecule has 24 heavy (non-hydrogen) atoms. The zero-order valence-electron chi connectivity index (χ0n) is 14.8. The molecule has 1 aliphatic heterocycles. The lowest BCUT2D eigenvalue weighted by molar-refractivity contribution is 0.151. The maximum atomic E-state index is 13.7. The Labute approximate surface area is 144 Å². The van der Waals surface area contributed by atoms with E-state index in [1.54, 1.807) is 13.2 Å². The van der Waals surface area contributed by atoms with Crippen LogP contribution in [0.3, 0.4) is 0 Å². The van der Waals surface area contributed by atoms with Crippen LogP contribution in [0.2, 0.25) is 0 Å². The number of methoxy groups -OCH3 is 1. The van der Waals surface area contributed by atoms with Gasteiger partial charge in [0.2, 0.25) is 0 Å². The van der Waals surface area contributed by atoms with E-state index in [0.29, 0.717) is 17.5 Å². The van der Waals surface area contributed by atoms with E-state index in [1.807, 2.05) is 6.07 Å². The van der Waals surface area contributed by atoms with Crippen molar-refractivity contribution in [2.24, 2.45) is 10.4 Å². The fraction of sp³-hybridized carbons (Fsp3) is 0.632. The second-order valence-corrected chi connectivity index (χ2v) is 7.05. The van der Waals surface area contributed by atoms with Gasteiger partial charge in [-0.25, -0.2) is 9.38 Å². The molecule has 0 bridgehead atoms. The summed E-state index contributed by atoms with van der Waals surface area (Å²) in [6, 6.07) is 5.16. The van der Waals surface area contributed by atoms with Gasteiger partial charge in [0.25, 0.3) is 0 Å². The molecule has 2 fully saturated rings. The Morgan fingerprint density at radius 3 is 2.83 bits per heavy atom. The molecule has 4 nitrogen and oxygen atoms in total. The van der Waals surface area contributed by atoms with Crippen LogP contribution in [0.5, 0.6) is 0 Å². The van der Waals surface area contributed by atoms with E-state index in [1.165, 1.54) is 31.7 Å². The van der Waals surface area contributed by atoms with Gasteiger partial charge < -0.3 is 15.0 Å². The van der Waals surface area contributed by atoms with Gasteiger partial charge in [0.05, 0.1) is 13.2 Å². The summed E-state index contributed by atoms with van der Waals surface area (Å²) < 4.78 is 18.8. The van der Waals surface area contributed by atoms with Crippen LogP contribution in [0.25, 0.3) is 0 Å². The third kappa shape index (κ3) is 3.72. The average Bonchev–Trinajstić information content (AvgIpc) is 3.00. The molecule has 1 N–H and O–H groups in total. The molecular weight excluding hydrogens is 305 g/mol. The van der Waals surface area contributed by atoms with Gasteiger partial charge >= 0.3 is 0 Å². The van der Waals surface area contributed by atoms with Crippen LogP contribution in [0.4, 0.5) is 4.39 Å². The van der Waals surface area contributed by atoms with Crippen molar-refractivity contribution >= 4 is 5.96 Å². The van der Waals surface area contributed by atoms with Crippen LogP contribution in [-0.2, 0) is 17.9 Å². The fourth-order valence-corrected chi connectivity index (χ4v) is 3.79. The number of halogens is 1. The first kappa shape index (κ1) is 17.2. The number of ether oxygens (including phenoxy) is 1. The summed E-state index contributed by atoms with van der Waals surface area (Å²) >= 11 is 0. The van der Waals surface area contributed by atoms with Crippen molar-refractivity contribution in [1.82, 2.24) is 10.2 Å². The van der Waals surface area contributed by atoms with Crippen molar-refractivity contribution in [2.75, 3.05) is 26.7 Å². The lowest BCUT2D eigenvalue weighted by Gasteiger charge is -2.38. The standard InChI is InChI=1S/C19H28FN3O/c1-3-21-18(23-10-9-19(14-23)7-4-8-19)22-12-15-5-6-17(20)16(11-15)13-24-2/h5-6,11H,3-4,7-10,12-14H2,1-2H3,(H,21,22). The van der Waals surface area contributed by atoms with Gasteiger partial charge in [-0.3, -0.25) is 0 Å². The van der Waals surface area contributed by atoms with Gasteiger partial charge in [0.1, 0.15) is 5.82 Å². The Kier molecular flexibility index (Phi) is 5.39. The van der Waals surface area contributed by atoms with Crippen molar-refractivity contribution in [3.63, 3.8) is 0 Å². The van der Waals surface area contributed by atoms with Gasteiger partial charge in [-0.1, -0.05) is 12.5 Å². The smallest absolute Gasteiger partial charge is 0.194 e. The highest BCUT2D eigenvalue weighted by Gasteiger charge is 2.43. The minimum absolute atomic E-state index is 0.219. The molecule has 1 heterocycles. The van der Waals surface area contributed by atoms with Crippen LogP contribution >= 0.6 is 0 Å². The Bertz CT molecular complexity index is 598. The Morgan fingerprint density at radius 1 is 1.38 bits per heavy atom. The SMILES string of the molecule is CCNC(=NCc1ccc(F)c(COC)c1)N1CCC2(CCC2)C1. The van der Waals surface area contributed by atoms with Gasteiger partial charge in [-0.05, 0) is 49.3 Å². The second kappa shape index (κ2) is 7.51. The summed E-state index contributed by atoms with van der Waals surface area (Å²) in [4.78, 5) is 7.18. The summed E-state index contributed by atoms with van der Waals surface area (Å²) in [6.45, 7) is 6.02. The van der Waals surface area contributed by atoms with Crippen LogP contribution in [0, 0.1) is 11.2 Å². The first-order valence-electron chi connectivity index (χ1n) is 8.95. The zero-order chi connectivity index (χ0) is 17.0. The highest BCUT2D eigenvalue weighted by Crippen LogP contribution is 2.47. The predicted octanol–water partition coefficient (Wildman–Crippen LogP) is 3.31. The van der Waals surface area contributed by atoms with Gasteiger partial charge in [-0.15, -0.1) is 0 Å². The quantitative estimate of drug-likeness (QED) is 0.663. The lowest BCUT2D eigenvalue weighted by atomic mass is 9.68. The summed E-state index contributed by atoms with van der Waals surface area (Å²) in [6.07, 6.45) is 5.38. The lowest BCUT2D eigenvalue weighted by Crippen LogP contribution is -2.42. The molecule has 1 saturated carbocycles. The maximum absolute atomic E-state index is 13.7. The van der Waals surface area contributed by atoms with E-state index >= 15 is 0 Å².